The molecule has 0 aromatic rings. The highest BCUT2D eigenvalue weighted by Crippen LogP contribution is 2.59. The van der Waals surface area contributed by atoms with Crippen LogP contribution in [0.5, 0.6) is 0 Å². The van der Waals surface area contributed by atoms with Crippen LogP contribution in [-0.4, -0.2) is 33.6 Å². The largest absolute Gasteiger partial charge is 0.393 e. The maximum absolute atomic E-state index is 10.2. The van der Waals surface area contributed by atoms with Crippen LogP contribution in [0.4, 0.5) is 0 Å². The summed E-state index contributed by atoms with van der Waals surface area (Å²) in [7, 11) is 0. The van der Waals surface area contributed by atoms with Crippen molar-refractivity contribution in [2.75, 3.05) is 0 Å². The Hall–Kier alpha value is -1.16. The van der Waals surface area contributed by atoms with Gasteiger partial charge >= 0.3 is 0 Å². The zero-order chi connectivity index (χ0) is 21.5. The Bertz CT molecular complexity index is 743. The van der Waals surface area contributed by atoms with Crippen LogP contribution in [0.1, 0.15) is 71.6 Å². The van der Waals surface area contributed by atoms with Crippen molar-refractivity contribution < 1.29 is 15.3 Å². The monoisotopic (exact) mass is 412 g/mol. The van der Waals surface area contributed by atoms with Gasteiger partial charge in [0.05, 0.1) is 18.3 Å². The molecule has 3 N–H and O–H groups in total. The maximum atomic E-state index is 10.2. The van der Waals surface area contributed by atoms with Crippen LogP contribution < -0.4 is 0 Å². The van der Waals surface area contributed by atoms with Gasteiger partial charge in [-0.1, -0.05) is 50.3 Å². The maximum Gasteiger partial charge on any atom is 0.0811 e. The fourth-order valence-corrected chi connectivity index (χ4v) is 6.63. The van der Waals surface area contributed by atoms with Crippen molar-refractivity contribution in [2.45, 2.75) is 89.9 Å². The van der Waals surface area contributed by atoms with Crippen LogP contribution in [0.25, 0.3) is 0 Å². The van der Waals surface area contributed by atoms with E-state index in [2.05, 4.69) is 44.7 Å². The fourth-order valence-electron chi connectivity index (χ4n) is 6.63. The van der Waals surface area contributed by atoms with Gasteiger partial charge in [-0.2, -0.15) is 0 Å². The Morgan fingerprint density at radius 3 is 2.60 bits per heavy atom. The third-order valence-electron chi connectivity index (χ3n) is 8.65. The molecule has 7 atom stereocenters. The third-order valence-corrected chi connectivity index (χ3v) is 8.65. The smallest absolute Gasteiger partial charge is 0.0811 e. The number of hydrogen-bond donors (Lipinski definition) is 3. The van der Waals surface area contributed by atoms with Crippen LogP contribution >= 0.6 is 0 Å². The second kappa shape index (κ2) is 8.76. The van der Waals surface area contributed by atoms with Gasteiger partial charge in [0, 0.05) is 6.42 Å². The van der Waals surface area contributed by atoms with E-state index in [1.54, 1.807) is 0 Å². The second-order valence-corrected chi connectivity index (χ2v) is 10.7. The fraction of sp³-hybridized carbons (Fsp3) is 0.704. The van der Waals surface area contributed by atoms with Crippen molar-refractivity contribution in [1.29, 1.82) is 0 Å². The van der Waals surface area contributed by atoms with Gasteiger partial charge in [0.2, 0.25) is 0 Å². The molecule has 0 saturated heterocycles. The van der Waals surface area contributed by atoms with Crippen LogP contribution in [0.3, 0.4) is 0 Å². The average molecular weight is 413 g/mol. The van der Waals surface area contributed by atoms with E-state index in [0.29, 0.717) is 41.9 Å². The van der Waals surface area contributed by atoms with Crippen molar-refractivity contribution in [3.05, 3.63) is 47.6 Å². The highest BCUT2D eigenvalue weighted by atomic mass is 16.3. The minimum Gasteiger partial charge on any atom is -0.393 e. The summed E-state index contributed by atoms with van der Waals surface area (Å²) in [5, 5.41) is 30.4. The average Bonchev–Trinajstić information content (AvgIpc) is 3.49. The molecule has 0 aliphatic heterocycles. The lowest BCUT2D eigenvalue weighted by Crippen LogP contribution is -2.35. The highest BCUT2D eigenvalue weighted by Gasteiger charge is 2.50. The van der Waals surface area contributed by atoms with Crippen LogP contribution in [-0.2, 0) is 0 Å². The van der Waals surface area contributed by atoms with Gasteiger partial charge in [0.15, 0.2) is 0 Å². The van der Waals surface area contributed by atoms with Gasteiger partial charge < -0.3 is 15.3 Å². The summed E-state index contributed by atoms with van der Waals surface area (Å²) in [6.07, 6.45) is 16.9. The summed E-state index contributed by atoms with van der Waals surface area (Å²) < 4.78 is 0. The van der Waals surface area contributed by atoms with E-state index in [1.165, 1.54) is 44.1 Å². The summed E-state index contributed by atoms with van der Waals surface area (Å²) in [5.74, 6) is 2.28. The zero-order valence-corrected chi connectivity index (χ0v) is 18.8. The molecule has 166 valence electrons. The van der Waals surface area contributed by atoms with Crippen molar-refractivity contribution in [1.82, 2.24) is 0 Å². The standard InChI is InChI=1S/C27H40O3/c1-17(6-13-25(29)20-8-9-20)23-11-12-24-19(5-4-14-27(23,24)3)7-10-21-15-22(28)16-26(30)18(21)2/h6-7,10,13,17,20,22-26,28-30H,2,4-5,8-9,11-12,14-16H2,1,3H3/t17-,22+,23+,24+,25?,26-,27-/m0/s1. The summed E-state index contributed by atoms with van der Waals surface area (Å²) >= 11 is 0. The first-order chi connectivity index (χ1) is 14.3. The first kappa shape index (κ1) is 22.0. The lowest BCUT2D eigenvalue weighted by molar-refractivity contribution is 0.0862. The van der Waals surface area contributed by atoms with E-state index < -0.39 is 12.2 Å². The molecule has 4 aliphatic carbocycles. The molecule has 1 unspecified atom stereocenters. The lowest BCUT2D eigenvalue weighted by atomic mass is 9.61. The van der Waals surface area contributed by atoms with Gasteiger partial charge in [0.1, 0.15) is 0 Å². The van der Waals surface area contributed by atoms with E-state index >= 15 is 0 Å². The molecule has 0 amide bonds. The molecule has 0 bridgehead atoms. The molecule has 0 aromatic carbocycles. The second-order valence-electron chi connectivity index (χ2n) is 10.7. The Morgan fingerprint density at radius 1 is 1.10 bits per heavy atom. The third kappa shape index (κ3) is 4.40. The highest BCUT2D eigenvalue weighted by molar-refractivity contribution is 5.38. The van der Waals surface area contributed by atoms with Gasteiger partial charge in [-0.3, -0.25) is 0 Å². The number of rotatable bonds is 5. The predicted molar refractivity (Wildman–Crippen MR) is 122 cm³/mol. The Morgan fingerprint density at radius 2 is 1.87 bits per heavy atom. The van der Waals surface area contributed by atoms with Gasteiger partial charge in [0.25, 0.3) is 0 Å². The van der Waals surface area contributed by atoms with Crippen LogP contribution in [0.15, 0.2) is 47.6 Å². The molecule has 0 spiro atoms. The Labute approximate surface area is 182 Å². The minimum absolute atomic E-state index is 0.250. The van der Waals surface area contributed by atoms with Crippen molar-refractivity contribution in [3.8, 4) is 0 Å². The first-order valence-electron chi connectivity index (χ1n) is 12.1. The summed E-state index contributed by atoms with van der Waals surface area (Å²) in [5.41, 5.74) is 3.63. The van der Waals surface area contributed by atoms with Crippen molar-refractivity contribution in [3.63, 3.8) is 0 Å². The summed E-state index contributed by atoms with van der Waals surface area (Å²) in [6, 6.07) is 0. The minimum atomic E-state index is -0.621. The summed E-state index contributed by atoms with van der Waals surface area (Å²) in [6.45, 7) is 8.88. The molecule has 30 heavy (non-hydrogen) atoms. The molecule has 4 fully saturated rings. The molecule has 4 saturated carbocycles. The van der Waals surface area contributed by atoms with Gasteiger partial charge in [-0.05, 0) is 91.6 Å². The molecule has 0 radical (unpaired) electrons. The van der Waals surface area contributed by atoms with Gasteiger partial charge in [-0.25, -0.2) is 0 Å². The Balaban J connectivity index is 1.48. The Kier molecular flexibility index (Phi) is 6.44. The normalized spacial score (nSPS) is 42.1. The van der Waals surface area contributed by atoms with Crippen LogP contribution in [0.2, 0.25) is 0 Å². The SMILES string of the molecule is C=C1C(=CC=C2CCC[C@]3(C)[C@@H]2CC[C@@H]3[C@@H](C)C=CC(O)C2CC2)C[C@@H](O)C[C@@H]1O. The number of fused-ring (bicyclic) bond motifs is 1. The molecule has 4 aliphatic rings. The van der Waals surface area contributed by atoms with E-state index in [4.69, 9.17) is 0 Å². The topological polar surface area (TPSA) is 60.7 Å². The lowest BCUT2D eigenvalue weighted by Gasteiger charge is -2.44. The zero-order valence-electron chi connectivity index (χ0n) is 18.8. The van der Waals surface area contributed by atoms with Crippen molar-refractivity contribution in [2.24, 2.45) is 29.1 Å². The van der Waals surface area contributed by atoms with E-state index in [9.17, 15) is 15.3 Å². The quantitative estimate of drug-likeness (QED) is 0.551. The number of aliphatic hydroxyl groups is 3. The van der Waals surface area contributed by atoms with Crippen LogP contribution in [0, 0.1) is 29.1 Å². The number of hydrogen-bond acceptors (Lipinski definition) is 3. The summed E-state index contributed by atoms with van der Waals surface area (Å²) in [4.78, 5) is 0. The molecule has 0 aromatic heterocycles. The van der Waals surface area contributed by atoms with Crippen molar-refractivity contribution >= 4 is 0 Å². The van der Waals surface area contributed by atoms with E-state index in [-0.39, 0.29) is 6.10 Å². The number of aliphatic hydroxyl groups excluding tert-OH is 3. The molecule has 3 heteroatoms. The van der Waals surface area contributed by atoms with E-state index in [0.717, 1.165) is 17.6 Å². The molecule has 0 heterocycles. The molecular weight excluding hydrogens is 372 g/mol. The van der Waals surface area contributed by atoms with Gasteiger partial charge in [-0.15, -0.1) is 0 Å². The molecular formula is C27H40O3. The van der Waals surface area contributed by atoms with E-state index in [1.807, 2.05) is 0 Å². The molecule has 4 rings (SSSR count). The first-order valence-corrected chi connectivity index (χ1v) is 12.1. The predicted octanol–water partition coefficient (Wildman–Crippen LogP) is 5.09. The molecule has 3 nitrogen and oxygen atoms in total. The number of allylic oxidation sites excluding steroid dienone is 4.